The molecule has 2 amide bonds. The predicted molar refractivity (Wildman–Crippen MR) is 101 cm³/mol. The monoisotopic (exact) mass is 358 g/mol. The van der Waals surface area contributed by atoms with Gasteiger partial charge >= 0.3 is 12.0 Å². The number of rotatable bonds is 6. The van der Waals surface area contributed by atoms with E-state index in [0.717, 1.165) is 37.7 Å². The molecule has 3 rings (SSSR count). The molecular weight excluding hydrogens is 328 g/mol. The van der Waals surface area contributed by atoms with Gasteiger partial charge in [-0.25, -0.2) is 9.59 Å². The molecule has 0 aromatic heterocycles. The van der Waals surface area contributed by atoms with E-state index in [9.17, 15) is 9.59 Å². The van der Waals surface area contributed by atoms with E-state index in [2.05, 4.69) is 6.92 Å². The van der Waals surface area contributed by atoms with Crippen LogP contribution in [0.3, 0.4) is 0 Å². The van der Waals surface area contributed by atoms with Crippen molar-refractivity contribution in [3.8, 4) is 0 Å². The van der Waals surface area contributed by atoms with Crippen molar-refractivity contribution in [2.45, 2.75) is 70.5 Å². The van der Waals surface area contributed by atoms with Crippen molar-refractivity contribution in [1.29, 1.82) is 0 Å². The number of esters is 1. The second-order valence-electron chi connectivity index (χ2n) is 7.23. The summed E-state index contributed by atoms with van der Waals surface area (Å²) >= 11 is 0. The first-order valence-corrected chi connectivity index (χ1v) is 9.99. The molecule has 1 aromatic carbocycles. The molecule has 2 aliphatic rings. The zero-order valence-corrected chi connectivity index (χ0v) is 15.9. The summed E-state index contributed by atoms with van der Waals surface area (Å²) < 4.78 is 5.41. The van der Waals surface area contributed by atoms with Gasteiger partial charge in [0.05, 0.1) is 12.6 Å². The SMILES string of the molecule is CCCN1C(=O)N(C2CCCCC2)[C@H](C(=O)OCC)[C@H]1c1ccccc1. The summed E-state index contributed by atoms with van der Waals surface area (Å²) in [4.78, 5) is 30.0. The topological polar surface area (TPSA) is 49.9 Å². The van der Waals surface area contributed by atoms with Crippen LogP contribution in [0.25, 0.3) is 0 Å². The van der Waals surface area contributed by atoms with Crippen LogP contribution in [-0.2, 0) is 9.53 Å². The average Bonchev–Trinajstić information content (AvgIpc) is 2.96. The van der Waals surface area contributed by atoms with Crippen LogP contribution in [0.4, 0.5) is 4.79 Å². The fourth-order valence-corrected chi connectivity index (χ4v) is 4.41. The summed E-state index contributed by atoms with van der Waals surface area (Å²) in [5.41, 5.74) is 1.01. The van der Waals surface area contributed by atoms with Crippen LogP contribution < -0.4 is 0 Å². The van der Waals surface area contributed by atoms with Crippen LogP contribution in [0.5, 0.6) is 0 Å². The van der Waals surface area contributed by atoms with Crippen LogP contribution in [0.2, 0.25) is 0 Å². The van der Waals surface area contributed by atoms with Gasteiger partial charge in [0, 0.05) is 12.6 Å². The second kappa shape index (κ2) is 8.56. The summed E-state index contributed by atoms with van der Waals surface area (Å²) in [5, 5.41) is 0. The van der Waals surface area contributed by atoms with E-state index in [0.29, 0.717) is 13.2 Å². The molecule has 0 unspecified atom stereocenters. The quantitative estimate of drug-likeness (QED) is 0.718. The number of hydrogen-bond acceptors (Lipinski definition) is 3. The fraction of sp³-hybridized carbons (Fsp3) is 0.619. The summed E-state index contributed by atoms with van der Waals surface area (Å²) in [7, 11) is 0. The lowest BCUT2D eigenvalue weighted by Gasteiger charge is -2.34. The zero-order valence-electron chi connectivity index (χ0n) is 15.9. The molecule has 1 aromatic rings. The van der Waals surface area contributed by atoms with Gasteiger partial charge in [0.25, 0.3) is 0 Å². The molecule has 0 bridgehead atoms. The maximum Gasteiger partial charge on any atom is 0.331 e. The first kappa shape index (κ1) is 18.7. The van der Waals surface area contributed by atoms with Crippen molar-refractivity contribution in [2.24, 2.45) is 0 Å². The normalized spacial score (nSPS) is 24.2. The van der Waals surface area contributed by atoms with Crippen molar-refractivity contribution in [1.82, 2.24) is 9.80 Å². The molecule has 142 valence electrons. The molecule has 1 aliphatic heterocycles. The highest BCUT2D eigenvalue weighted by Gasteiger charge is 2.52. The number of benzene rings is 1. The summed E-state index contributed by atoms with van der Waals surface area (Å²) in [6, 6.07) is 9.22. The van der Waals surface area contributed by atoms with Crippen molar-refractivity contribution in [2.75, 3.05) is 13.2 Å². The molecule has 5 heteroatoms. The minimum Gasteiger partial charge on any atom is -0.464 e. The van der Waals surface area contributed by atoms with Gasteiger partial charge in [0.15, 0.2) is 6.04 Å². The molecule has 0 spiro atoms. The second-order valence-corrected chi connectivity index (χ2v) is 7.23. The lowest BCUT2D eigenvalue weighted by Crippen LogP contribution is -2.48. The van der Waals surface area contributed by atoms with Gasteiger partial charge in [0.2, 0.25) is 0 Å². The number of urea groups is 1. The Balaban J connectivity index is 2.01. The summed E-state index contributed by atoms with van der Waals surface area (Å²) in [6.07, 6.45) is 6.26. The molecule has 26 heavy (non-hydrogen) atoms. The maximum atomic E-state index is 13.3. The molecule has 1 aliphatic carbocycles. The van der Waals surface area contributed by atoms with E-state index in [1.165, 1.54) is 6.42 Å². The van der Waals surface area contributed by atoms with Crippen LogP contribution in [0, 0.1) is 0 Å². The molecule has 0 radical (unpaired) electrons. The van der Waals surface area contributed by atoms with Gasteiger partial charge in [-0.3, -0.25) is 0 Å². The molecular formula is C21H30N2O3. The predicted octanol–water partition coefficient (Wildman–Crippen LogP) is 4.14. The first-order valence-electron chi connectivity index (χ1n) is 9.99. The van der Waals surface area contributed by atoms with Crippen LogP contribution in [-0.4, -0.2) is 47.0 Å². The zero-order chi connectivity index (χ0) is 18.5. The third-order valence-corrected chi connectivity index (χ3v) is 5.50. The van der Waals surface area contributed by atoms with Crippen molar-refractivity contribution < 1.29 is 14.3 Å². The smallest absolute Gasteiger partial charge is 0.331 e. The van der Waals surface area contributed by atoms with E-state index in [1.807, 2.05) is 47.1 Å². The van der Waals surface area contributed by atoms with E-state index in [1.54, 1.807) is 0 Å². The molecule has 1 saturated carbocycles. The lowest BCUT2D eigenvalue weighted by atomic mass is 9.92. The minimum atomic E-state index is -0.556. The molecule has 0 N–H and O–H groups in total. The fourth-order valence-electron chi connectivity index (χ4n) is 4.41. The third kappa shape index (κ3) is 3.57. The Labute approximate surface area is 156 Å². The third-order valence-electron chi connectivity index (χ3n) is 5.50. The van der Waals surface area contributed by atoms with Crippen LogP contribution in [0.1, 0.15) is 64.0 Å². The first-order chi connectivity index (χ1) is 12.7. The average molecular weight is 358 g/mol. The Kier molecular flexibility index (Phi) is 6.17. The van der Waals surface area contributed by atoms with Gasteiger partial charge in [0.1, 0.15) is 0 Å². The number of amides is 2. The molecule has 2 fully saturated rings. The van der Waals surface area contributed by atoms with Gasteiger partial charge in [-0.05, 0) is 31.7 Å². The highest BCUT2D eigenvalue weighted by Crippen LogP contribution is 2.40. The van der Waals surface area contributed by atoms with Gasteiger partial charge in [-0.2, -0.15) is 0 Å². The molecule has 1 saturated heterocycles. The Bertz CT molecular complexity index is 613. The lowest BCUT2D eigenvalue weighted by molar-refractivity contribution is -0.149. The van der Waals surface area contributed by atoms with Gasteiger partial charge < -0.3 is 14.5 Å². The van der Waals surface area contributed by atoms with Crippen molar-refractivity contribution in [3.05, 3.63) is 35.9 Å². The Hall–Kier alpha value is -2.04. The van der Waals surface area contributed by atoms with Crippen LogP contribution in [0.15, 0.2) is 30.3 Å². The summed E-state index contributed by atoms with van der Waals surface area (Å²) in [5.74, 6) is -0.279. The molecule has 5 nitrogen and oxygen atoms in total. The van der Waals surface area contributed by atoms with E-state index in [-0.39, 0.29) is 24.1 Å². The van der Waals surface area contributed by atoms with Gasteiger partial charge in [-0.15, -0.1) is 0 Å². The molecule has 1 heterocycles. The largest absolute Gasteiger partial charge is 0.464 e. The van der Waals surface area contributed by atoms with E-state index < -0.39 is 6.04 Å². The number of nitrogens with zero attached hydrogens (tertiary/aromatic N) is 2. The van der Waals surface area contributed by atoms with E-state index >= 15 is 0 Å². The Morgan fingerprint density at radius 2 is 1.81 bits per heavy atom. The Morgan fingerprint density at radius 3 is 2.42 bits per heavy atom. The number of hydrogen-bond donors (Lipinski definition) is 0. The van der Waals surface area contributed by atoms with Crippen molar-refractivity contribution in [3.63, 3.8) is 0 Å². The minimum absolute atomic E-state index is 0.00865. The van der Waals surface area contributed by atoms with Gasteiger partial charge in [-0.1, -0.05) is 56.5 Å². The Morgan fingerprint density at radius 1 is 1.12 bits per heavy atom. The number of carbonyl (C=O) groups is 2. The highest BCUT2D eigenvalue weighted by atomic mass is 16.5. The highest BCUT2D eigenvalue weighted by molar-refractivity contribution is 5.89. The van der Waals surface area contributed by atoms with E-state index in [4.69, 9.17) is 4.74 Å². The number of carbonyl (C=O) groups excluding carboxylic acids is 2. The standard InChI is InChI=1S/C21H30N2O3/c1-3-15-22-18(16-11-7-5-8-12-16)19(20(24)26-4-2)23(21(22)25)17-13-9-6-10-14-17/h5,7-8,11-12,17-19H,3-4,6,9-10,13-15H2,1-2H3/t18-,19+/m1/s1. The number of ether oxygens (including phenoxy) is 1. The maximum absolute atomic E-state index is 13.3. The molecule has 2 atom stereocenters. The van der Waals surface area contributed by atoms with Crippen molar-refractivity contribution >= 4 is 12.0 Å². The van der Waals surface area contributed by atoms with Crippen LogP contribution >= 0.6 is 0 Å². The summed E-state index contributed by atoms with van der Waals surface area (Å²) in [6.45, 7) is 4.87.